The largest absolute Gasteiger partial charge is 0.396 e. The Labute approximate surface area is 183 Å². The highest BCUT2D eigenvalue weighted by atomic mass is 79.9. The number of thioether (sulfide) groups is 2. The number of nitro groups is 1. The minimum absolute atomic E-state index is 0.0890. The molecule has 1 saturated heterocycles. The Kier molecular flexibility index (Phi) is 7.12. The van der Waals surface area contributed by atoms with Crippen LogP contribution in [0.4, 0.5) is 10.5 Å². The third kappa shape index (κ3) is 5.08. The van der Waals surface area contributed by atoms with Crippen LogP contribution in [0.1, 0.15) is 11.1 Å². The number of carbonyl (C=O) groups excluding carboxylic acids is 2. The SMILES string of the molecule is O=C1SC(=Cc2ccc(SCCO)c([N+](=O)[O-])c2)C(=O)N1Cc1ccccc1Br. The number of rotatable bonds is 7. The number of hydrogen-bond acceptors (Lipinski definition) is 7. The number of hydrogen-bond donors (Lipinski definition) is 1. The number of nitro benzene ring substituents is 1. The summed E-state index contributed by atoms with van der Waals surface area (Å²) in [6.45, 7) is 0.0502. The number of benzene rings is 2. The highest BCUT2D eigenvalue weighted by Gasteiger charge is 2.35. The Hall–Kier alpha value is -2.14. The summed E-state index contributed by atoms with van der Waals surface area (Å²) in [7, 11) is 0. The Bertz CT molecular complexity index is 1010. The zero-order valence-corrected chi connectivity index (χ0v) is 18.1. The van der Waals surface area contributed by atoms with E-state index < -0.39 is 10.8 Å². The quantitative estimate of drug-likeness (QED) is 0.258. The summed E-state index contributed by atoms with van der Waals surface area (Å²) in [5.41, 5.74) is 1.15. The Morgan fingerprint density at radius 3 is 2.69 bits per heavy atom. The molecule has 2 aromatic carbocycles. The van der Waals surface area contributed by atoms with Crippen LogP contribution in [-0.4, -0.2) is 38.4 Å². The van der Waals surface area contributed by atoms with Crippen LogP contribution in [0.3, 0.4) is 0 Å². The first kappa shape index (κ1) is 21.6. The van der Waals surface area contributed by atoms with E-state index in [0.29, 0.717) is 16.2 Å². The van der Waals surface area contributed by atoms with E-state index in [1.54, 1.807) is 12.1 Å². The number of carbonyl (C=O) groups is 2. The Morgan fingerprint density at radius 2 is 2.00 bits per heavy atom. The molecule has 1 aliphatic rings. The number of aliphatic hydroxyl groups excluding tert-OH is 1. The molecule has 0 radical (unpaired) electrons. The monoisotopic (exact) mass is 494 g/mol. The van der Waals surface area contributed by atoms with Crippen molar-refractivity contribution in [1.82, 2.24) is 4.90 Å². The molecule has 29 heavy (non-hydrogen) atoms. The van der Waals surface area contributed by atoms with Crippen LogP contribution in [0, 0.1) is 10.1 Å². The van der Waals surface area contributed by atoms with Gasteiger partial charge in [-0.2, -0.15) is 0 Å². The van der Waals surface area contributed by atoms with Crippen molar-refractivity contribution in [3.05, 3.63) is 73.1 Å². The number of aliphatic hydroxyl groups is 1. The molecule has 0 unspecified atom stereocenters. The van der Waals surface area contributed by atoms with E-state index in [1.807, 2.05) is 24.3 Å². The van der Waals surface area contributed by atoms with E-state index in [9.17, 15) is 19.7 Å². The zero-order valence-electron chi connectivity index (χ0n) is 14.9. The van der Waals surface area contributed by atoms with E-state index in [-0.39, 0.29) is 29.0 Å². The van der Waals surface area contributed by atoms with Gasteiger partial charge in [0.15, 0.2) is 0 Å². The van der Waals surface area contributed by atoms with E-state index in [4.69, 9.17) is 5.11 Å². The Morgan fingerprint density at radius 1 is 1.24 bits per heavy atom. The molecule has 7 nitrogen and oxygen atoms in total. The van der Waals surface area contributed by atoms with Gasteiger partial charge < -0.3 is 5.11 Å². The van der Waals surface area contributed by atoms with Crippen LogP contribution in [-0.2, 0) is 11.3 Å². The molecule has 0 atom stereocenters. The van der Waals surface area contributed by atoms with Gasteiger partial charge in [0, 0.05) is 16.3 Å². The maximum absolute atomic E-state index is 12.7. The fourth-order valence-electron chi connectivity index (χ4n) is 2.63. The van der Waals surface area contributed by atoms with E-state index in [1.165, 1.54) is 23.9 Å². The predicted molar refractivity (Wildman–Crippen MR) is 117 cm³/mol. The third-order valence-corrected chi connectivity index (χ3v) is 6.71. The average Bonchev–Trinajstić information content (AvgIpc) is 2.95. The average molecular weight is 495 g/mol. The van der Waals surface area contributed by atoms with Crippen LogP contribution in [0.5, 0.6) is 0 Å². The lowest BCUT2D eigenvalue weighted by atomic mass is 10.1. The Balaban J connectivity index is 1.84. The molecule has 2 aromatic rings. The fraction of sp³-hybridized carbons (Fsp3) is 0.158. The molecule has 0 bridgehead atoms. The van der Waals surface area contributed by atoms with Crippen LogP contribution in [0.25, 0.3) is 6.08 Å². The van der Waals surface area contributed by atoms with Gasteiger partial charge in [-0.3, -0.25) is 24.6 Å². The molecule has 10 heteroatoms. The normalized spacial score (nSPS) is 15.4. The molecule has 0 spiro atoms. The van der Waals surface area contributed by atoms with Crippen LogP contribution >= 0.6 is 39.5 Å². The van der Waals surface area contributed by atoms with Crippen molar-refractivity contribution in [2.45, 2.75) is 11.4 Å². The first-order valence-electron chi connectivity index (χ1n) is 8.41. The number of amides is 2. The second kappa shape index (κ2) is 9.57. The molecule has 0 aromatic heterocycles. The summed E-state index contributed by atoms with van der Waals surface area (Å²) < 4.78 is 0.801. The minimum Gasteiger partial charge on any atom is -0.396 e. The molecular formula is C19H15BrN2O5S2. The van der Waals surface area contributed by atoms with Crippen molar-refractivity contribution in [3.8, 4) is 0 Å². The molecule has 0 aliphatic carbocycles. The fourth-order valence-corrected chi connectivity index (χ4v) is 4.63. The van der Waals surface area contributed by atoms with Gasteiger partial charge in [0.1, 0.15) is 0 Å². The number of imide groups is 1. The van der Waals surface area contributed by atoms with Gasteiger partial charge in [0.05, 0.1) is 27.9 Å². The molecule has 1 N–H and O–H groups in total. The van der Waals surface area contributed by atoms with Gasteiger partial charge in [0.25, 0.3) is 16.8 Å². The predicted octanol–water partition coefficient (Wildman–Crippen LogP) is 4.68. The van der Waals surface area contributed by atoms with E-state index in [2.05, 4.69) is 15.9 Å². The first-order valence-corrected chi connectivity index (χ1v) is 11.0. The molecule has 1 fully saturated rings. The van der Waals surface area contributed by atoms with E-state index in [0.717, 1.165) is 26.7 Å². The molecular weight excluding hydrogens is 480 g/mol. The maximum Gasteiger partial charge on any atom is 0.293 e. The zero-order chi connectivity index (χ0) is 21.0. The van der Waals surface area contributed by atoms with Crippen LogP contribution in [0.15, 0.2) is 56.7 Å². The topological polar surface area (TPSA) is 101 Å². The van der Waals surface area contributed by atoms with Gasteiger partial charge in [-0.05, 0) is 41.1 Å². The van der Waals surface area contributed by atoms with Gasteiger partial charge in [-0.15, -0.1) is 11.8 Å². The minimum atomic E-state index is -0.504. The van der Waals surface area contributed by atoms with Gasteiger partial charge in [-0.25, -0.2) is 0 Å². The van der Waals surface area contributed by atoms with Gasteiger partial charge in [-0.1, -0.05) is 40.2 Å². The van der Waals surface area contributed by atoms with Gasteiger partial charge in [0.2, 0.25) is 0 Å². The van der Waals surface area contributed by atoms with E-state index >= 15 is 0 Å². The maximum atomic E-state index is 12.7. The lowest BCUT2D eigenvalue weighted by molar-refractivity contribution is -0.387. The van der Waals surface area contributed by atoms with Crippen LogP contribution < -0.4 is 0 Å². The van der Waals surface area contributed by atoms with Crippen molar-refractivity contribution in [2.24, 2.45) is 0 Å². The summed E-state index contributed by atoms with van der Waals surface area (Å²) in [5, 5.41) is 19.9. The summed E-state index contributed by atoms with van der Waals surface area (Å²) in [4.78, 5) is 37.7. The number of halogens is 1. The molecule has 2 amide bonds. The third-order valence-electron chi connectivity index (χ3n) is 3.99. The summed E-state index contributed by atoms with van der Waals surface area (Å²) >= 11 is 5.39. The number of nitrogens with zero attached hydrogens (tertiary/aromatic N) is 2. The summed E-state index contributed by atoms with van der Waals surface area (Å²) in [5.74, 6) is -0.0918. The lowest BCUT2D eigenvalue weighted by Crippen LogP contribution is -2.27. The van der Waals surface area contributed by atoms with Crippen LogP contribution in [0.2, 0.25) is 0 Å². The molecule has 3 rings (SSSR count). The van der Waals surface area contributed by atoms with Crippen molar-refractivity contribution in [1.29, 1.82) is 0 Å². The smallest absolute Gasteiger partial charge is 0.293 e. The molecule has 1 aliphatic heterocycles. The standard InChI is InChI=1S/C19H15BrN2O5S2/c20-14-4-2-1-3-13(14)11-21-18(24)17(29-19(21)25)10-12-5-6-16(28-8-7-23)15(9-12)22(26)27/h1-6,9-10,23H,7-8,11H2. The highest BCUT2D eigenvalue weighted by Crippen LogP contribution is 2.36. The summed E-state index contributed by atoms with van der Waals surface area (Å²) in [6, 6.07) is 11.9. The molecule has 0 saturated carbocycles. The van der Waals surface area contributed by atoms with Gasteiger partial charge >= 0.3 is 0 Å². The second-order valence-corrected chi connectivity index (χ2v) is 8.90. The lowest BCUT2D eigenvalue weighted by Gasteiger charge is -2.13. The van der Waals surface area contributed by atoms with Crippen molar-refractivity contribution < 1.29 is 19.6 Å². The summed E-state index contributed by atoms with van der Waals surface area (Å²) in [6.07, 6.45) is 1.48. The molecule has 150 valence electrons. The second-order valence-electron chi connectivity index (χ2n) is 5.92. The van der Waals surface area contributed by atoms with Crippen molar-refractivity contribution in [2.75, 3.05) is 12.4 Å². The highest BCUT2D eigenvalue weighted by molar-refractivity contribution is 9.10. The van der Waals surface area contributed by atoms with Crippen molar-refractivity contribution in [3.63, 3.8) is 0 Å². The van der Waals surface area contributed by atoms with Crippen molar-refractivity contribution >= 4 is 62.4 Å². The first-order chi connectivity index (χ1) is 13.9. The molecule has 1 heterocycles.